The van der Waals surface area contributed by atoms with Crippen molar-refractivity contribution in [2.45, 2.75) is 70.6 Å². The first-order chi connectivity index (χ1) is 26.8. The van der Waals surface area contributed by atoms with Crippen LogP contribution in [0.15, 0.2) is 110 Å². The van der Waals surface area contributed by atoms with E-state index in [4.69, 9.17) is 16.6 Å². The number of carboxylic acids is 1. The fourth-order valence-corrected chi connectivity index (χ4v) is 8.30. The molecular weight excluding hydrogens is 830 g/mol. The van der Waals surface area contributed by atoms with Gasteiger partial charge in [-0.15, -0.1) is 0 Å². The maximum Gasteiger partial charge on any atom is 0.303 e. The van der Waals surface area contributed by atoms with Gasteiger partial charge in [0.2, 0.25) is 0 Å². The van der Waals surface area contributed by atoms with Crippen LogP contribution in [0, 0.1) is 5.41 Å². The molecule has 0 spiro atoms. The summed E-state index contributed by atoms with van der Waals surface area (Å²) in [4.78, 5) is 22.3. The lowest BCUT2D eigenvalue weighted by atomic mass is 9.80. The van der Waals surface area contributed by atoms with Gasteiger partial charge < -0.3 is 10.0 Å². The lowest BCUT2D eigenvalue weighted by Crippen LogP contribution is -2.28. The Bertz CT molecular complexity index is 2500. The molecule has 314 valence electrons. The Labute approximate surface area is 345 Å². The van der Waals surface area contributed by atoms with Crippen molar-refractivity contribution in [1.82, 2.24) is 0 Å². The number of aliphatic carboxylic acids is 1. The van der Waals surface area contributed by atoms with Gasteiger partial charge >= 0.3 is 5.97 Å². The summed E-state index contributed by atoms with van der Waals surface area (Å²) in [5, 5.41) is 9.77. The maximum atomic E-state index is 12.1. The van der Waals surface area contributed by atoms with Crippen LogP contribution in [-0.2, 0) is 47.0 Å². The molecule has 0 aromatic heterocycles. The molecular formula is C40H48ClN3O11S3. The molecule has 2 aromatic carbocycles. The molecule has 2 heterocycles. The zero-order chi connectivity index (χ0) is 43.3. The van der Waals surface area contributed by atoms with Crippen molar-refractivity contribution in [2.24, 2.45) is 15.4 Å². The summed E-state index contributed by atoms with van der Waals surface area (Å²) in [5.74, 6) is -1.57. The predicted octanol–water partition coefficient (Wildman–Crippen LogP) is 7.08. The Morgan fingerprint density at radius 2 is 1.60 bits per heavy atom. The van der Waals surface area contributed by atoms with E-state index in [2.05, 4.69) is 4.99 Å². The third-order valence-corrected chi connectivity index (χ3v) is 12.6. The number of carboxylic acid groups (broad SMARTS) is 1. The summed E-state index contributed by atoms with van der Waals surface area (Å²) in [7, 11) is -13.0. The summed E-state index contributed by atoms with van der Waals surface area (Å²) in [6.07, 6.45) is 11.0. The van der Waals surface area contributed by atoms with Crippen LogP contribution in [0.4, 0.5) is 5.69 Å². The molecule has 14 nitrogen and oxygen atoms in total. The Kier molecular flexibility index (Phi) is 14.7. The minimum atomic E-state index is -4.55. The van der Waals surface area contributed by atoms with E-state index >= 15 is 0 Å². The third-order valence-electron chi connectivity index (χ3n) is 9.84. The first-order valence-electron chi connectivity index (χ1n) is 18.2. The molecule has 2 aliphatic rings. The van der Waals surface area contributed by atoms with Crippen molar-refractivity contribution in [1.29, 1.82) is 0 Å². The van der Waals surface area contributed by atoms with Crippen LogP contribution in [0.1, 0.15) is 70.6 Å². The highest BCUT2D eigenvalue weighted by Crippen LogP contribution is 2.49. The van der Waals surface area contributed by atoms with Crippen molar-refractivity contribution < 1.29 is 48.8 Å². The molecule has 2 aromatic rings. The number of aliphatic imine (C=N–C) groups is 2. The molecule has 0 bridgehead atoms. The van der Waals surface area contributed by atoms with Crippen molar-refractivity contribution in [2.75, 3.05) is 29.5 Å². The van der Waals surface area contributed by atoms with Gasteiger partial charge in [0.05, 0.1) is 22.1 Å². The number of rotatable bonds is 17. The van der Waals surface area contributed by atoms with Crippen molar-refractivity contribution in [3.63, 3.8) is 0 Å². The molecule has 0 aliphatic carbocycles. The van der Waals surface area contributed by atoms with Crippen LogP contribution < -0.4 is 4.90 Å². The highest BCUT2D eigenvalue weighted by Gasteiger charge is 2.41. The lowest BCUT2D eigenvalue weighted by Gasteiger charge is -2.27. The molecule has 0 amide bonds. The monoisotopic (exact) mass is 877 g/mol. The summed E-state index contributed by atoms with van der Waals surface area (Å²) < 4.78 is 98.7. The summed E-state index contributed by atoms with van der Waals surface area (Å²) in [5.41, 5.74) is 3.62. The average molecular weight is 878 g/mol. The third kappa shape index (κ3) is 12.2. The van der Waals surface area contributed by atoms with E-state index < -0.39 is 58.7 Å². The zero-order valence-electron chi connectivity index (χ0n) is 32.8. The van der Waals surface area contributed by atoms with E-state index in [0.717, 1.165) is 11.1 Å². The minimum Gasteiger partial charge on any atom is -0.481 e. The molecule has 0 unspecified atom stereocenters. The van der Waals surface area contributed by atoms with Gasteiger partial charge in [0, 0.05) is 52.3 Å². The van der Waals surface area contributed by atoms with Gasteiger partial charge in [-0.1, -0.05) is 81.8 Å². The smallest absolute Gasteiger partial charge is 0.303 e. The number of halogens is 1. The lowest BCUT2D eigenvalue weighted by molar-refractivity contribution is -0.136. The highest BCUT2D eigenvalue weighted by atomic mass is 35.5. The minimum absolute atomic E-state index is 0.0372. The summed E-state index contributed by atoms with van der Waals surface area (Å²) in [6, 6.07) is 11.5. The quantitative estimate of drug-likeness (QED) is 0.0710. The molecule has 18 heteroatoms. The Morgan fingerprint density at radius 3 is 2.22 bits per heavy atom. The van der Waals surface area contributed by atoms with Crippen molar-refractivity contribution in [3.8, 4) is 0 Å². The second-order valence-electron chi connectivity index (χ2n) is 14.9. The van der Waals surface area contributed by atoms with E-state index in [1.165, 1.54) is 18.2 Å². The zero-order valence-corrected chi connectivity index (χ0v) is 36.0. The average Bonchev–Trinajstić information content (AvgIpc) is 3.47. The molecule has 4 N–H and O–H groups in total. The molecule has 0 radical (unpaired) electrons. The van der Waals surface area contributed by atoms with Gasteiger partial charge in [0.25, 0.3) is 30.4 Å². The van der Waals surface area contributed by atoms with Crippen LogP contribution in [0.25, 0.3) is 5.57 Å². The molecule has 0 atom stereocenters. The van der Waals surface area contributed by atoms with E-state index in [9.17, 15) is 48.8 Å². The number of amidine groups is 1. The molecule has 0 fully saturated rings. The summed E-state index contributed by atoms with van der Waals surface area (Å²) >= 11 is 6.44. The van der Waals surface area contributed by atoms with Crippen molar-refractivity contribution >= 4 is 70.7 Å². The Hall–Kier alpha value is -4.23. The number of nitrogens with zero attached hydrogens (tertiary/aromatic N) is 3. The van der Waals surface area contributed by atoms with Gasteiger partial charge in [0.1, 0.15) is 0 Å². The second kappa shape index (κ2) is 18.4. The number of hydrogen-bond acceptors (Lipinski definition) is 9. The first-order valence-corrected chi connectivity index (χ1v) is 23.3. The van der Waals surface area contributed by atoms with Crippen LogP contribution in [0.3, 0.4) is 0 Å². The SMILES string of the molecule is C/C=C(/Cl)C=C1C(=NCCCS(=O)(=O)O)N=C(/C=C/C(=C/C=C2/N(CCCS(=O)(=O)O)c3ccc(S(=O)(=O)O)cc3C2(C)C)c2cccc(CCC(=O)O)c2)C1(C)C. The second-order valence-corrected chi connectivity index (χ2v) is 19.9. The number of aryl methyl sites for hydroxylation is 1. The Morgan fingerprint density at radius 1 is 0.931 bits per heavy atom. The highest BCUT2D eigenvalue weighted by molar-refractivity contribution is 7.86. The van der Waals surface area contributed by atoms with Crippen LogP contribution in [-0.4, -0.2) is 86.1 Å². The number of anilines is 1. The fourth-order valence-electron chi connectivity index (χ4n) is 6.70. The van der Waals surface area contributed by atoms with Gasteiger partial charge in [-0.3, -0.25) is 23.4 Å². The van der Waals surface area contributed by atoms with E-state index in [1.807, 2.05) is 81.2 Å². The normalized spacial score (nSPS) is 19.4. The van der Waals surface area contributed by atoms with Crippen LogP contribution in [0.5, 0.6) is 0 Å². The molecule has 2 aliphatic heterocycles. The first kappa shape index (κ1) is 46.5. The van der Waals surface area contributed by atoms with Gasteiger partial charge in [0.15, 0.2) is 5.84 Å². The predicted molar refractivity (Wildman–Crippen MR) is 228 cm³/mol. The van der Waals surface area contributed by atoms with E-state index in [-0.39, 0.29) is 43.7 Å². The van der Waals surface area contributed by atoms with Gasteiger partial charge in [-0.05, 0) is 84.9 Å². The topological polar surface area (TPSA) is 228 Å². The molecule has 58 heavy (non-hydrogen) atoms. The number of hydrogen-bond donors (Lipinski definition) is 4. The van der Waals surface area contributed by atoms with E-state index in [0.29, 0.717) is 44.7 Å². The molecule has 0 saturated carbocycles. The maximum absolute atomic E-state index is 12.1. The number of benzene rings is 2. The van der Waals surface area contributed by atoms with Crippen molar-refractivity contribution in [3.05, 3.63) is 112 Å². The molecule has 4 rings (SSSR count). The number of fused-ring (bicyclic) bond motifs is 1. The number of carbonyl (C=O) groups is 1. The van der Waals surface area contributed by atoms with Crippen LogP contribution >= 0.6 is 11.6 Å². The number of allylic oxidation sites excluding steroid dienone is 9. The fraction of sp³-hybridized carbons (Fsp3) is 0.375. The molecule has 0 saturated heterocycles. The summed E-state index contributed by atoms with van der Waals surface area (Å²) in [6.45, 7) is 9.57. The van der Waals surface area contributed by atoms with E-state index in [1.54, 1.807) is 19.1 Å². The Balaban J connectivity index is 1.90. The van der Waals surface area contributed by atoms with Gasteiger partial charge in [-0.2, -0.15) is 25.3 Å². The van der Waals surface area contributed by atoms with Crippen LogP contribution in [0.2, 0.25) is 0 Å². The van der Waals surface area contributed by atoms with Gasteiger partial charge in [-0.25, -0.2) is 4.99 Å². The standard InChI is InChI=1S/C40H48ClN3O11S3/c1-6-30(41)25-33-38(42-20-8-22-56(47,48)49)43-35(39(33,2)3)17-13-28(29-11-7-10-27(24-29)12-19-37(45)46)14-18-36-40(4,5)32-26-31(58(53,54)55)15-16-34(32)44(36)21-9-23-57(50,51)52/h6-7,10-11,13-18,24-26H,8-9,12,19-23H2,1-5H3,(H,45,46)(H,47,48,49)(H,50,51,52)(H,53,54,55)/b17-13+,28-14-,30-6+,33-25?,36-18+,42-38?. The largest absolute Gasteiger partial charge is 0.481 e.